The summed E-state index contributed by atoms with van der Waals surface area (Å²) in [6.07, 6.45) is 2.38. The Bertz CT molecular complexity index is 603. The molecule has 5 heteroatoms. The molecule has 0 spiro atoms. The van der Waals surface area contributed by atoms with Gasteiger partial charge in [-0.05, 0) is 24.3 Å². The van der Waals surface area contributed by atoms with Crippen molar-refractivity contribution < 1.29 is 9.63 Å². The molecule has 1 saturated carbocycles. The van der Waals surface area contributed by atoms with Crippen LogP contribution in [0.4, 0.5) is 0 Å². The van der Waals surface area contributed by atoms with Crippen LogP contribution in [0.2, 0.25) is 0 Å². The van der Waals surface area contributed by atoms with Gasteiger partial charge in [-0.15, -0.1) is 0 Å². The summed E-state index contributed by atoms with van der Waals surface area (Å²) in [7, 11) is 0. The second-order valence-electron chi connectivity index (χ2n) is 6.21. The first-order valence-electron chi connectivity index (χ1n) is 7.95. The number of hydrogen-bond donors (Lipinski definition) is 1. The quantitative estimate of drug-likeness (QED) is 0.852. The predicted molar refractivity (Wildman–Crippen MR) is 84.3 cm³/mol. The van der Waals surface area contributed by atoms with Crippen molar-refractivity contribution in [2.75, 3.05) is 13.2 Å². The Hall–Kier alpha value is -1.72. The van der Waals surface area contributed by atoms with Crippen molar-refractivity contribution in [3.05, 3.63) is 35.7 Å². The van der Waals surface area contributed by atoms with Crippen LogP contribution in [0.25, 0.3) is 11.4 Å². The third-order valence-electron chi connectivity index (χ3n) is 4.09. The fraction of sp³-hybridized carbons (Fsp3) is 0.529. The smallest absolute Gasteiger partial charge is 0.241 e. The Morgan fingerprint density at radius 2 is 2.00 bits per heavy atom. The molecular weight excluding hydrogens is 278 g/mol. The van der Waals surface area contributed by atoms with Crippen LogP contribution >= 0.6 is 0 Å². The Labute approximate surface area is 131 Å². The second-order valence-corrected chi connectivity index (χ2v) is 6.21. The van der Waals surface area contributed by atoms with Crippen LogP contribution in [0.1, 0.15) is 44.1 Å². The van der Waals surface area contributed by atoms with E-state index in [4.69, 9.17) is 9.63 Å². The van der Waals surface area contributed by atoms with Gasteiger partial charge in [0.1, 0.15) is 0 Å². The zero-order valence-corrected chi connectivity index (χ0v) is 13.2. The summed E-state index contributed by atoms with van der Waals surface area (Å²) in [5.74, 6) is 1.76. The van der Waals surface area contributed by atoms with Crippen molar-refractivity contribution in [2.45, 2.75) is 45.2 Å². The van der Waals surface area contributed by atoms with Crippen molar-refractivity contribution in [3.8, 4) is 11.4 Å². The molecule has 118 valence electrons. The van der Waals surface area contributed by atoms with Gasteiger partial charge in [0.05, 0.1) is 13.2 Å². The highest BCUT2D eigenvalue weighted by molar-refractivity contribution is 5.54. The summed E-state index contributed by atoms with van der Waals surface area (Å²) in [5.41, 5.74) is 2.27. The molecular formula is C17H23N3O2. The highest BCUT2D eigenvalue weighted by Crippen LogP contribution is 2.28. The summed E-state index contributed by atoms with van der Waals surface area (Å²) in [6, 6.07) is 8.86. The maximum Gasteiger partial charge on any atom is 0.241 e. The van der Waals surface area contributed by atoms with Gasteiger partial charge in [-0.25, -0.2) is 0 Å². The summed E-state index contributed by atoms with van der Waals surface area (Å²) >= 11 is 0. The predicted octanol–water partition coefficient (Wildman–Crippen LogP) is 2.82. The fourth-order valence-electron chi connectivity index (χ4n) is 2.59. The number of benzene rings is 1. The van der Waals surface area contributed by atoms with Crippen molar-refractivity contribution in [3.63, 3.8) is 0 Å². The summed E-state index contributed by atoms with van der Waals surface area (Å²) < 4.78 is 5.37. The van der Waals surface area contributed by atoms with Gasteiger partial charge in [-0.2, -0.15) is 4.98 Å². The summed E-state index contributed by atoms with van der Waals surface area (Å²) in [4.78, 5) is 6.69. The molecule has 0 unspecified atom stereocenters. The lowest BCUT2D eigenvalue weighted by molar-refractivity contribution is 0.167. The minimum atomic E-state index is 0.161. The number of aliphatic hydroxyl groups is 1. The van der Waals surface area contributed by atoms with E-state index in [1.165, 1.54) is 18.4 Å². The molecule has 0 radical (unpaired) electrons. The van der Waals surface area contributed by atoms with Crippen LogP contribution in [0.15, 0.2) is 28.8 Å². The van der Waals surface area contributed by atoms with Crippen LogP contribution in [0, 0.1) is 0 Å². The molecule has 0 aliphatic heterocycles. The molecule has 0 atom stereocenters. The van der Waals surface area contributed by atoms with Crippen LogP contribution in [-0.4, -0.2) is 39.3 Å². The molecule has 2 aromatic rings. The van der Waals surface area contributed by atoms with Gasteiger partial charge < -0.3 is 9.63 Å². The molecule has 1 N–H and O–H groups in total. The van der Waals surface area contributed by atoms with Crippen molar-refractivity contribution in [1.29, 1.82) is 0 Å². The number of hydrogen-bond acceptors (Lipinski definition) is 5. The van der Waals surface area contributed by atoms with E-state index in [0.29, 0.717) is 36.8 Å². The lowest BCUT2D eigenvalue weighted by atomic mass is 10.0. The maximum absolute atomic E-state index is 9.14. The van der Waals surface area contributed by atoms with Gasteiger partial charge in [0.25, 0.3) is 0 Å². The van der Waals surface area contributed by atoms with Crippen molar-refractivity contribution >= 4 is 0 Å². The molecule has 1 aliphatic rings. The zero-order chi connectivity index (χ0) is 15.5. The van der Waals surface area contributed by atoms with Crippen molar-refractivity contribution in [1.82, 2.24) is 15.0 Å². The molecule has 3 rings (SSSR count). The molecule has 0 amide bonds. The minimum Gasteiger partial charge on any atom is -0.395 e. The molecule has 1 aromatic heterocycles. The lowest BCUT2D eigenvalue weighted by Crippen LogP contribution is -2.28. The van der Waals surface area contributed by atoms with Gasteiger partial charge in [0.2, 0.25) is 11.7 Å². The van der Waals surface area contributed by atoms with Crippen molar-refractivity contribution in [2.24, 2.45) is 0 Å². The lowest BCUT2D eigenvalue weighted by Gasteiger charge is -2.17. The Kier molecular flexibility index (Phi) is 4.55. The first kappa shape index (κ1) is 15.2. The van der Waals surface area contributed by atoms with E-state index < -0.39 is 0 Å². The van der Waals surface area contributed by atoms with E-state index in [2.05, 4.69) is 41.0 Å². The van der Waals surface area contributed by atoms with Gasteiger partial charge >= 0.3 is 0 Å². The molecule has 22 heavy (non-hydrogen) atoms. The summed E-state index contributed by atoms with van der Waals surface area (Å²) in [6.45, 7) is 5.78. The van der Waals surface area contributed by atoms with Gasteiger partial charge in [0.15, 0.2) is 0 Å². The molecule has 0 bridgehead atoms. The van der Waals surface area contributed by atoms with Gasteiger partial charge in [-0.3, -0.25) is 4.90 Å². The van der Waals surface area contributed by atoms with E-state index in [-0.39, 0.29) is 6.61 Å². The monoisotopic (exact) mass is 301 g/mol. The molecule has 1 fully saturated rings. The highest BCUT2D eigenvalue weighted by atomic mass is 16.5. The largest absolute Gasteiger partial charge is 0.395 e. The first-order chi connectivity index (χ1) is 10.7. The standard InChI is InChI=1S/C17H23N3O2/c1-12(2)13-3-5-14(6-4-13)17-18-16(22-19-17)11-20(9-10-21)15-7-8-15/h3-6,12,15,21H,7-11H2,1-2H3. The van der Waals surface area contributed by atoms with Crippen LogP contribution in [-0.2, 0) is 6.54 Å². The normalized spacial score (nSPS) is 15.0. The molecule has 1 aromatic carbocycles. The van der Waals surface area contributed by atoms with Crippen LogP contribution in [0.5, 0.6) is 0 Å². The van der Waals surface area contributed by atoms with Crippen LogP contribution in [0.3, 0.4) is 0 Å². The maximum atomic E-state index is 9.14. The molecule has 5 nitrogen and oxygen atoms in total. The molecule has 1 aliphatic carbocycles. The van der Waals surface area contributed by atoms with E-state index in [1.807, 2.05) is 12.1 Å². The Balaban J connectivity index is 1.69. The van der Waals surface area contributed by atoms with E-state index in [1.54, 1.807) is 0 Å². The van der Waals surface area contributed by atoms with E-state index in [9.17, 15) is 0 Å². The number of aromatic nitrogens is 2. The second kappa shape index (κ2) is 6.58. The molecule has 0 saturated heterocycles. The number of rotatable bonds is 7. The number of nitrogens with zero attached hydrogens (tertiary/aromatic N) is 3. The SMILES string of the molecule is CC(C)c1ccc(-c2noc(CN(CCO)C3CC3)n2)cc1. The van der Waals surface area contributed by atoms with E-state index >= 15 is 0 Å². The van der Waals surface area contributed by atoms with E-state index in [0.717, 1.165) is 5.56 Å². The summed E-state index contributed by atoms with van der Waals surface area (Å²) in [5, 5.41) is 13.2. The van der Waals surface area contributed by atoms with Gasteiger partial charge in [-0.1, -0.05) is 43.3 Å². The topological polar surface area (TPSA) is 62.4 Å². The highest BCUT2D eigenvalue weighted by Gasteiger charge is 2.29. The third kappa shape index (κ3) is 3.54. The zero-order valence-electron chi connectivity index (χ0n) is 13.2. The van der Waals surface area contributed by atoms with Crippen LogP contribution < -0.4 is 0 Å². The molecule has 1 heterocycles. The number of aliphatic hydroxyl groups excluding tert-OH is 1. The fourth-order valence-corrected chi connectivity index (χ4v) is 2.59. The average molecular weight is 301 g/mol. The Morgan fingerprint density at radius 1 is 1.27 bits per heavy atom. The van der Waals surface area contributed by atoms with Gasteiger partial charge in [0, 0.05) is 18.2 Å². The Morgan fingerprint density at radius 3 is 2.59 bits per heavy atom. The first-order valence-corrected chi connectivity index (χ1v) is 7.95. The minimum absolute atomic E-state index is 0.161. The third-order valence-corrected chi connectivity index (χ3v) is 4.09. The average Bonchev–Trinajstić information content (AvgIpc) is 3.26.